The first-order valence-electron chi connectivity index (χ1n) is 8.09. The van der Waals surface area contributed by atoms with E-state index in [0.29, 0.717) is 5.69 Å². The number of nitrogens with zero attached hydrogens (tertiary/aromatic N) is 2. The van der Waals surface area contributed by atoms with Gasteiger partial charge in [0.05, 0.1) is 5.69 Å². The van der Waals surface area contributed by atoms with E-state index >= 15 is 0 Å². The smallest absolute Gasteiger partial charge is 0.355 e. The number of amides is 4. The summed E-state index contributed by atoms with van der Waals surface area (Å²) < 4.78 is 4.87. The molecule has 1 aliphatic rings. The second-order valence-corrected chi connectivity index (χ2v) is 5.84. The second kappa shape index (κ2) is 8.75. The molecule has 4 amide bonds. The van der Waals surface area contributed by atoms with Crippen LogP contribution in [0.5, 0.6) is 0 Å². The molecular weight excluding hydrogens is 340 g/mol. The van der Waals surface area contributed by atoms with Gasteiger partial charge in [-0.3, -0.25) is 14.9 Å². The standard InChI is InChI=1S/C17H20N4O5/c1-11(2)18-17(25)19-14(22)10-26-16(24)13-8-9-15(23)21(20-13)12-6-4-3-5-7-12/h3-7,11H,8-10H2,1-2H3,(H2,18,19,22,25). The van der Waals surface area contributed by atoms with Crippen LogP contribution in [0.4, 0.5) is 10.5 Å². The maximum absolute atomic E-state index is 12.1. The summed E-state index contributed by atoms with van der Waals surface area (Å²) in [6.45, 7) is 2.86. The highest BCUT2D eigenvalue weighted by Gasteiger charge is 2.26. The summed E-state index contributed by atoms with van der Waals surface area (Å²) in [6, 6.07) is 7.87. The van der Waals surface area contributed by atoms with Crippen molar-refractivity contribution in [1.82, 2.24) is 10.6 Å². The van der Waals surface area contributed by atoms with E-state index < -0.39 is 24.5 Å². The molecule has 1 aromatic carbocycles. The van der Waals surface area contributed by atoms with Gasteiger partial charge in [0.15, 0.2) is 6.61 Å². The molecule has 9 heteroatoms. The van der Waals surface area contributed by atoms with Crippen molar-refractivity contribution in [3.05, 3.63) is 30.3 Å². The van der Waals surface area contributed by atoms with Crippen LogP contribution in [0.25, 0.3) is 0 Å². The average molecular weight is 360 g/mol. The van der Waals surface area contributed by atoms with Crippen molar-refractivity contribution >= 4 is 35.2 Å². The van der Waals surface area contributed by atoms with E-state index in [1.807, 2.05) is 5.32 Å². The number of hydrazone groups is 1. The van der Waals surface area contributed by atoms with Crippen molar-refractivity contribution in [2.75, 3.05) is 11.6 Å². The monoisotopic (exact) mass is 360 g/mol. The number of para-hydroxylation sites is 1. The number of esters is 1. The minimum atomic E-state index is -0.808. The fourth-order valence-corrected chi connectivity index (χ4v) is 2.15. The van der Waals surface area contributed by atoms with Crippen LogP contribution in [0.15, 0.2) is 35.4 Å². The van der Waals surface area contributed by atoms with Gasteiger partial charge in [0.2, 0.25) is 5.91 Å². The Bertz CT molecular complexity index is 730. The van der Waals surface area contributed by atoms with E-state index in [-0.39, 0.29) is 30.5 Å². The topological polar surface area (TPSA) is 117 Å². The first-order chi connectivity index (χ1) is 12.4. The summed E-state index contributed by atoms with van der Waals surface area (Å²) in [5, 5.41) is 9.68. The molecule has 0 saturated heterocycles. The summed E-state index contributed by atoms with van der Waals surface area (Å²) in [6.07, 6.45) is 0.224. The molecule has 2 N–H and O–H groups in total. The van der Waals surface area contributed by atoms with Crippen molar-refractivity contribution < 1.29 is 23.9 Å². The van der Waals surface area contributed by atoms with Crippen LogP contribution in [-0.4, -0.2) is 42.2 Å². The Balaban J connectivity index is 1.93. The highest BCUT2D eigenvalue weighted by molar-refractivity contribution is 6.38. The summed E-state index contributed by atoms with van der Waals surface area (Å²) in [5.41, 5.74) is 0.568. The van der Waals surface area contributed by atoms with Crippen molar-refractivity contribution in [3.63, 3.8) is 0 Å². The van der Waals surface area contributed by atoms with Crippen LogP contribution in [0, 0.1) is 0 Å². The molecule has 26 heavy (non-hydrogen) atoms. The molecule has 0 saturated carbocycles. The first kappa shape index (κ1) is 19.1. The van der Waals surface area contributed by atoms with Gasteiger partial charge >= 0.3 is 12.0 Å². The van der Waals surface area contributed by atoms with E-state index in [1.165, 1.54) is 0 Å². The minimum absolute atomic E-state index is 0.0351. The number of anilines is 1. The van der Waals surface area contributed by atoms with Gasteiger partial charge in [-0.2, -0.15) is 5.10 Å². The maximum Gasteiger partial charge on any atom is 0.355 e. The number of imide groups is 1. The molecule has 138 valence electrons. The Morgan fingerprint density at radius 2 is 1.88 bits per heavy atom. The molecule has 1 aliphatic heterocycles. The zero-order valence-corrected chi connectivity index (χ0v) is 14.5. The summed E-state index contributed by atoms with van der Waals surface area (Å²) in [7, 11) is 0. The van der Waals surface area contributed by atoms with Gasteiger partial charge in [-0.05, 0) is 26.0 Å². The SMILES string of the molecule is CC(C)NC(=O)NC(=O)COC(=O)C1=NN(c2ccccc2)C(=O)CC1. The third-order valence-corrected chi connectivity index (χ3v) is 3.28. The third kappa shape index (κ3) is 5.40. The van der Waals surface area contributed by atoms with Gasteiger partial charge < -0.3 is 10.1 Å². The van der Waals surface area contributed by atoms with Gasteiger partial charge in [-0.25, -0.2) is 14.6 Å². The number of carbonyl (C=O) groups excluding carboxylic acids is 4. The lowest BCUT2D eigenvalue weighted by Gasteiger charge is -2.22. The number of ether oxygens (including phenoxy) is 1. The maximum atomic E-state index is 12.1. The Kier molecular flexibility index (Phi) is 6.42. The highest BCUT2D eigenvalue weighted by Crippen LogP contribution is 2.19. The van der Waals surface area contributed by atoms with E-state index in [4.69, 9.17) is 4.74 Å². The van der Waals surface area contributed by atoms with E-state index in [9.17, 15) is 19.2 Å². The Morgan fingerprint density at radius 3 is 2.54 bits per heavy atom. The first-order valence-corrected chi connectivity index (χ1v) is 8.09. The summed E-state index contributed by atoms with van der Waals surface area (Å²) >= 11 is 0. The zero-order chi connectivity index (χ0) is 19.1. The molecule has 0 aromatic heterocycles. The van der Waals surface area contributed by atoms with Crippen LogP contribution >= 0.6 is 0 Å². The number of nitrogens with one attached hydrogen (secondary N) is 2. The lowest BCUT2D eigenvalue weighted by molar-refractivity contribution is -0.142. The lowest BCUT2D eigenvalue weighted by atomic mass is 10.1. The molecular formula is C17H20N4O5. The fraction of sp³-hybridized carbons (Fsp3) is 0.353. The highest BCUT2D eigenvalue weighted by atomic mass is 16.5. The van der Waals surface area contributed by atoms with Crippen LogP contribution in [-0.2, 0) is 19.1 Å². The Hall–Kier alpha value is -3.23. The Labute approximate surface area is 150 Å². The molecule has 0 unspecified atom stereocenters. The third-order valence-electron chi connectivity index (χ3n) is 3.28. The van der Waals surface area contributed by atoms with Crippen LogP contribution < -0.4 is 15.6 Å². The molecule has 0 bridgehead atoms. The normalized spacial score (nSPS) is 13.9. The van der Waals surface area contributed by atoms with Crippen LogP contribution in [0.3, 0.4) is 0 Å². The van der Waals surface area contributed by atoms with Crippen molar-refractivity contribution in [2.24, 2.45) is 5.10 Å². The van der Waals surface area contributed by atoms with Crippen LogP contribution in [0.2, 0.25) is 0 Å². The fourth-order valence-electron chi connectivity index (χ4n) is 2.15. The number of benzene rings is 1. The van der Waals surface area contributed by atoms with Crippen LogP contribution in [0.1, 0.15) is 26.7 Å². The number of urea groups is 1. The van der Waals surface area contributed by atoms with Gasteiger partial charge in [0.1, 0.15) is 5.71 Å². The molecule has 9 nitrogen and oxygen atoms in total. The van der Waals surface area contributed by atoms with Gasteiger partial charge in [-0.15, -0.1) is 0 Å². The molecule has 0 fully saturated rings. The Morgan fingerprint density at radius 1 is 1.19 bits per heavy atom. The van der Waals surface area contributed by atoms with Gasteiger partial charge in [0.25, 0.3) is 5.91 Å². The molecule has 0 spiro atoms. The molecule has 1 aromatic rings. The number of rotatable bonds is 5. The van der Waals surface area contributed by atoms with E-state index in [0.717, 1.165) is 5.01 Å². The van der Waals surface area contributed by atoms with Crippen molar-refractivity contribution in [1.29, 1.82) is 0 Å². The number of hydrogen-bond donors (Lipinski definition) is 2. The van der Waals surface area contributed by atoms with Gasteiger partial charge in [0, 0.05) is 18.9 Å². The molecule has 1 heterocycles. The quantitative estimate of drug-likeness (QED) is 0.758. The number of hydrogen-bond acceptors (Lipinski definition) is 6. The van der Waals surface area contributed by atoms with E-state index in [1.54, 1.807) is 44.2 Å². The van der Waals surface area contributed by atoms with Crippen molar-refractivity contribution in [2.45, 2.75) is 32.7 Å². The van der Waals surface area contributed by atoms with Gasteiger partial charge in [-0.1, -0.05) is 18.2 Å². The predicted octanol–water partition coefficient (Wildman–Crippen LogP) is 0.947. The predicted molar refractivity (Wildman–Crippen MR) is 93.4 cm³/mol. The van der Waals surface area contributed by atoms with E-state index in [2.05, 4.69) is 10.4 Å². The lowest BCUT2D eigenvalue weighted by Crippen LogP contribution is -2.44. The average Bonchev–Trinajstić information content (AvgIpc) is 2.60. The summed E-state index contributed by atoms with van der Waals surface area (Å²) in [4.78, 5) is 47.1. The molecule has 0 radical (unpaired) electrons. The molecule has 0 aliphatic carbocycles. The second-order valence-electron chi connectivity index (χ2n) is 5.84. The summed E-state index contributed by atoms with van der Waals surface area (Å²) in [5.74, 6) is -1.81. The number of carbonyl (C=O) groups is 4. The minimum Gasteiger partial charge on any atom is -0.451 e. The van der Waals surface area contributed by atoms with Crippen molar-refractivity contribution in [3.8, 4) is 0 Å². The molecule has 0 atom stereocenters. The molecule has 2 rings (SSSR count). The largest absolute Gasteiger partial charge is 0.451 e. The zero-order valence-electron chi connectivity index (χ0n) is 14.5.